The molecule has 2 N–H and O–H groups in total. The molecule has 0 spiro atoms. The van der Waals surface area contributed by atoms with Gasteiger partial charge in [0.05, 0.1) is 11.4 Å². The van der Waals surface area contributed by atoms with E-state index in [9.17, 15) is 24.0 Å². The highest BCUT2D eigenvalue weighted by Gasteiger charge is 2.40. The quantitative estimate of drug-likeness (QED) is 0.270. The summed E-state index contributed by atoms with van der Waals surface area (Å²) < 4.78 is 4.77. The zero-order chi connectivity index (χ0) is 25.1. The van der Waals surface area contributed by atoms with Crippen molar-refractivity contribution in [2.75, 3.05) is 15.5 Å². The largest absolute Gasteiger partial charge is 0.429 e. The Morgan fingerprint density at radius 2 is 0.917 bits per heavy atom. The number of nitrogen functional groups attached to an aromatic ring is 1. The average Bonchev–Trinajstić information content (AvgIpc) is 2.88. The van der Waals surface area contributed by atoms with Crippen LogP contribution in [0.5, 0.6) is 5.75 Å². The molecule has 0 bridgehead atoms. The summed E-state index contributed by atoms with van der Waals surface area (Å²) >= 11 is 0. The molecule has 0 saturated carbocycles. The van der Waals surface area contributed by atoms with Gasteiger partial charge in [0.25, 0.3) is 30.1 Å². The van der Waals surface area contributed by atoms with Crippen molar-refractivity contribution in [2.24, 2.45) is 0 Å². The fourth-order valence-corrected chi connectivity index (χ4v) is 4.70. The van der Waals surface area contributed by atoms with Gasteiger partial charge < -0.3 is 10.5 Å². The molecule has 2 heterocycles. The molecule has 4 aromatic rings. The van der Waals surface area contributed by atoms with E-state index >= 15 is 0 Å². The van der Waals surface area contributed by atoms with Crippen LogP contribution in [0.1, 0.15) is 41.4 Å². The third-order valence-corrected chi connectivity index (χ3v) is 6.33. The lowest BCUT2D eigenvalue weighted by atomic mass is 9.85. The van der Waals surface area contributed by atoms with E-state index in [0.717, 1.165) is 9.80 Å². The van der Waals surface area contributed by atoms with Crippen molar-refractivity contribution in [1.29, 1.82) is 0 Å². The molecule has 0 aromatic heterocycles. The van der Waals surface area contributed by atoms with Crippen LogP contribution in [0.15, 0.2) is 72.8 Å². The summed E-state index contributed by atoms with van der Waals surface area (Å²) in [5.41, 5.74) is 7.69. The lowest BCUT2D eigenvalue weighted by molar-refractivity contribution is -0.120. The molecule has 0 aliphatic carbocycles. The molecule has 0 unspecified atom stereocenters. The maximum atomic E-state index is 13.5. The van der Waals surface area contributed by atoms with E-state index < -0.39 is 23.6 Å². The first-order chi connectivity index (χ1) is 17.4. The number of anilines is 3. The summed E-state index contributed by atoms with van der Waals surface area (Å²) in [5.74, 6) is -2.06. The Kier molecular flexibility index (Phi) is 4.49. The van der Waals surface area contributed by atoms with Crippen LogP contribution in [-0.2, 0) is 4.79 Å². The first-order valence-corrected chi connectivity index (χ1v) is 10.8. The molecule has 6 rings (SSSR count). The molecule has 2 aliphatic rings. The van der Waals surface area contributed by atoms with Crippen LogP contribution in [0.4, 0.5) is 17.1 Å². The van der Waals surface area contributed by atoms with Crippen molar-refractivity contribution in [3.8, 4) is 5.75 Å². The molecule has 9 nitrogen and oxygen atoms in total. The number of rotatable bonds is 4. The van der Waals surface area contributed by atoms with Gasteiger partial charge in [0.2, 0.25) is 0 Å². The Morgan fingerprint density at radius 3 is 1.28 bits per heavy atom. The van der Waals surface area contributed by atoms with Crippen molar-refractivity contribution in [3.05, 3.63) is 95.1 Å². The van der Waals surface area contributed by atoms with E-state index in [4.69, 9.17) is 10.5 Å². The van der Waals surface area contributed by atoms with Crippen molar-refractivity contribution >= 4 is 57.9 Å². The van der Waals surface area contributed by atoms with Gasteiger partial charge in [0.15, 0.2) is 0 Å². The second-order valence-corrected chi connectivity index (χ2v) is 8.26. The molecule has 4 aromatic carbocycles. The van der Waals surface area contributed by atoms with Gasteiger partial charge in [0, 0.05) is 38.7 Å². The summed E-state index contributed by atoms with van der Waals surface area (Å²) in [4.78, 5) is 66.4. The molecular weight excluding hydrogens is 462 g/mol. The van der Waals surface area contributed by atoms with Crippen LogP contribution in [0.2, 0.25) is 0 Å². The smallest absolute Gasteiger partial charge is 0.298 e. The maximum Gasteiger partial charge on any atom is 0.298 e. The Hall–Kier alpha value is -5.31. The second kappa shape index (κ2) is 7.60. The van der Waals surface area contributed by atoms with Crippen LogP contribution in [0, 0.1) is 0 Å². The first kappa shape index (κ1) is 21.2. The molecule has 2 aliphatic heterocycles. The van der Waals surface area contributed by atoms with E-state index in [1.54, 1.807) is 24.3 Å². The van der Waals surface area contributed by atoms with E-state index in [0.29, 0.717) is 11.4 Å². The Morgan fingerprint density at radius 1 is 0.556 bits per heavy atom. The Balaban J connectivity index is 1.50. The highest BCUT2D eigenvalue weighted by molar-refractivity contribution is 6.42. The number of hydrogen-bond donors (Lipinski definition) is 1. The van der Waals surface area contributed by atoms with Crippen LogP contribution in [0.25, 0.3) is 10.8 Å². The monoisotopic (exact) mass is 477 g/mol. The summed E-state index contributed by atoms with van der Waals surface area (Å²) in [6, 6.07) is 18.2. The molecule has 0 saturated heterocycles. The lowest BCUT2D eigenvalue weighted by Crippen LogP contribution is -2.43. The Bertz CT molecular complexity index is 1590. The SMILES string of the molecule is Nc1ccc(N2C(=O)c3ccc4c5c(ccc(c35)C2=O)C(=O)N(c2ccc(OC=O)cc2)C4=O)cc1. The second-order valence-electron chi connectivity index (χ2n) is 8.26. The number of imide groups is 2. The third-order valence-electron chi connectivity index (χ3n) is 6.33. The van der Waals surface area contributed by atoms with Gasteiger partial charge in [-0.05, 0) is 72.8 Å². The predicted octanol–water partition coefficient (Wildman–Crippen LogP) is 3.56. The predicted molar refractivity (Wildman–Crippen MR) is 130 cm³/mol. The standard InChI is InChI=1S/C27H15N3O6/c28-14-1-3-15(4-2-14)29-24(32)18-9-11-20-23-21(12-10-19(22(18)23)25(29)33)27(35)30(26(20)34)16-5-7-17(8-6-16)36-13-31/h1-13H,28H2. The topological polar surface area (TPSA) is 127 Å². The van der Waals surface area contributed by atoms with Crippen LogP contribution in [-0.4, -0.2) is 30.1 Å². The van der Waals surface area contributed by atoms with Gasteiger partial charge >= 0.3 is 0 Å². The molecule has 0 fully saturated rings. The van der Waals surface area contributed by atoms with Crippen molar-refractivity contribution in [1.82, 2.24) is 0 Å². The highest BCUT2D eigenvalue weighted by Crippen LogP contribution is 2.40. The van der Waals surface area contributed by atoms with E-state index in [2.05, 4.69) is 0 Å². The number of nitrogens with zero attached hydrogens (tertiary/aromatic N) is 2. The van der Waals surface area contributed by atoms with E-state index in [1.807, 2.05) is 0 Å². The van der Waals surface area contributed by atoms with Gasteiger partial charge in [-0.2, -0.15) is 0 Å². The summed E-state index contributed by atoms with van der Waals surface area (Å²) in [6.07, 6.45) is 0. The van der Waals surface area contributed by atoms with E-state index in [1.165, 1.54) is 48.5 Å². The van der Waals surface area contributed by atoms with Gasteiger partial charge in [0.1, 0.15) is 5.75 Å². The normalized spacial score (nSPS) is 14.4. The highest BCUT2D eigenvalue weighted by atomic mass is 16.5. The molecular formula is C27H15N3O6. The summed E-state index contributed by atoms with van der Waals surface area (Å²) in [6.45, 7) is 0.277. The van der Waals surface area contributed by atoms with Crippen molar-refractivity contribution < 1.29 is 28.7 Å². The molecule has 174 valence electrons. The molecule has 0 atom stereocenters. The van der Waals surface area contributed by atoms with Crippen molar-refractivity contribution in [2.45, 2.75) is 0 Å². The summed E-state index contributed by atoms with van der Waals surface area (Å²) in [7, 11) is 0. The van der Waals surface area contributed by atoms with Gasteiger partial charge in [-0.3, -0.25) is 24.0 Å². The minimum absolute atomic E-state index is 0.194. The van der Waals surface area contributed by atoms with E-state index in [-0.39, 0.29) is 50.9 Å². The number of benzene rings is 4. The van der Waals surface area contributed by atoms with Gasteiger partial charge in [-0.1, -0.05) is 0 Å². The minimum Gasteiger partial charge on any atom is -0.429 e. The third kappa shape index (κ3) is 2.86. The summed E-state index contributed by atoms with van der Waals surface area (Å²) in [5, 5.41) is 0.554. The molecule has 9 heteroatoms. The number of carbonyl (C=O) groups excluding carboxylic acids is 5. The molecule has 0 radical (unpaired) electrons. The van der Waals surface area contributed by atoms with Gasteiger partial charge in [-0.15, -0.1) is 0 Å². The number of carbonyl (C=O) groups is 5. The lowest BCUT2D eigenvalue weighted by Gasteiger charge is -2.32. The Labute approximate surface area is 203 Å². The number of amides is 4. The zero-order valence-corrected chi connectivity index (χ0v) is 18.4. The number of ether oxygens (including phenoxy) is 1. The number of hydrogen-bond acceptors (Lipinski definition) is 7. The fourth-order valence-electron chi connectivity index (χ4n) is 4.70. The van der Waals surface area contributed by atoms with Crippen LogP contribution >= 0.6 is 0 Å². The first-order valence-electron chi connectivity index (χ1n) is 10.8. The van der Waals surface area contributed by atoms with Gasteiger partial charge in [-0.25, -0.2) is 9.80 Å². The maximum absolute atomic E-state index is 13.5. The number of nitrogens with two attached hydrogens (primary N) is 1. The van der Waals surface area contributed by atoms with Crippen LogP contribution in [0.3, 0.4) is 0 Å². The fraction of sp³-hybridized carbons (Fsp3) is 0. The zero-order valence-electron chi connectivity index (χ0n) is 18.4. The molecule has 36 heavy (non-hydrogen) atoms. The minimum atomic E-state index is -0.596. The van der Waals surface area contributed by atoms with Crippen molar-refractivity contribution in [3.63, 3.8) is 0 Å². The van der Waals surface area contributed by atoms with Crippen LogP contribution < -0.4 is 20.3 Å². The molecule has 4 amide bonds. The average molecular weight is 477 g/mol.